The molecule has 0 N–H and O–H groups in total. The maximum atomic E-state index is 12.6. The van der Waals surface area contributed by atoms with Gasteiger partial charge in [-0.05, 0) is 5.56 Å². The topological polar surface area (TPSA) is 98.8 Å². The predicted octanol–water partition coefficient (Wildman–Crippen LogP) is 3.13. The molecule has 4 rings (SSSR count). The zero-order valence-electron chi connectivity index (χ0n) is 18.3. The molecule has 2 fully saturated rings. The van der Waals surface area contributed by atoms with Crippen LogP contribution in [0.25, 0.3) is 0 Å². The van der Waals surface area contributed by atoms with Crippen molar-refractivity contribution in [3.05, 3.63) is 71.8 Å². The van der Waals surface area contributed by atoms with E-state index in [0.717, 1.165) is 11.1 Å². The predicted molar refractivity (Wildman–Crippen MR) is 113 cm³/mol. The first kappa shape index (κ1) is 23.2. The summed E-state index contributed by atoms with van der Waals surface area (Å²) >= 11 is 0. The van der Waals surface area contributed by atoms with E-state index in [1.807, 2.05) is 60.7 Å². The van der Waals surface area contributed by atoms with Crippen LogP contribution in [0, 0.1) is 0 Å². The molecule has 2 aliphatic heterocycles. The van der Waals surface area contributed by atoms with Crippen molar-refractivity contribution in [2.24, 2.45) is 0 Å². The Bertz CT molecular complexity index is 920. The largest absolute Gasteiger partial charge is 0.509 e. The van der Waals surface area contributed by atoms with E-state index in [9.17, 15) is 9.59 Å². The van der Waals surface area contributed by atoms with Crippen LogP contribution in [0.3, 0.4) is 0 Å². The summed E-state index contributed by atoms with van der Waals surface area (Å²) < 4.78 is 39.5. The average Bonchev–Trinajstić information content (AvgIpc) is 2.84. The SMILES string of the molecule is CO[C@H]1O[C@@H]2COC(c3ccccc3)O[C@H]2[C@H](OC(=O)OCc2ccccc2)[C@H]1OC(C)=O. The summed E-state index contributed by atoms with van der Waals surface area (Å²) in [7, 11) is 1.41. The number of hydrogen-bond donors (Lipinski definition) is 0. The van der Waals surface area contributed by atoms with Gasteiger partial charge in [-0.3, -0.25) is 4.79 Å². The monoisotopic (exact) mass is 458 g/mol. The van der Waals surface area contributed by atoms with Crippen LogP contribution in [-0.2, 0) is 44.6 Å². The summed E-state index contributed by atoms with van der Waals surface area (Å²) in [4.78, 5) is 24.4. The minimum atomic E-state index is -1.06. The Labute approximate surface area is 191 Å². The smallest absolute Gasteiger partial charge is 0.453 e. The quantitative estimate of drug-likeness (QED) is 0.605. The molecule has 0 bridgehead atoms. The number of methoxy groups -OCH3 is 1. The Morgan fingerprint density at radius 3 is 2.30 bits per heavy atom. The van der Waals surface area contributed by atoms with Gasteiger partial charge in [0, 0.05) is 19.6 Å². The van der Waals surface area contributed by atoms with Gasteiger partial charge in [-0.1, -0.05) is 60.7 Å². The first-order chi connectivity index (χ1) is 16.0. The molecular formula is C24H26O9. The van der Waals surface area contributed by atoms with Crippen molar-refractivity contribution in [1.82, 2.24) is 0 Å². The van der Waals surface area contributed by atoms with Crippen molar-refractivity contribution in [3.63, 3.8) is 0 Å². The van der Waals surface area contributed by atoms with E-state index in [2.05, 4.69) is 0 Å². The van der Waals surface area contributed by atoms with Gasteiger partial charge in [0.2, 0.25) is 0 Å². The summed E-state index contributed by atoms with van der Waals surface area (Å²) in [5, 5.41) is 0. The van der Waals surface area contributed by atoms with E-state index in [-0.39, 0.29) is 13.2 Å². The first-order valence-corrected chi connectivity index (χ1v) is 10.6. The number of carbonyl (C=O) groups excluding carboxylic acids is 2. The van der Waals surface area contributed by atoms with E-state index in [0.29, 0.717) is 0 Å². The maximum Gasteiger partial charge on any atom is 0.509 e. The molecule has 2 heterocycles. The Kier molecular flexibility index (Phi) is 7.56. The third kappa shape index (κ3) is 5.69. The highest BCUT2D eigenvalue weighted by molar-refractivity contribution is 5.66. The molecule has 2 aromatic carbocycles. The normalized spacial score (nSPS) is 28.9. The molecule has 1 unspecified atom stereocenters. The minimum Gasteiger partial charge on any atom is -0.453 e. The number of carbonyl (C=O) groups is 2. The van der Waals surface area contributed by atoms with Gasteiger partial charge in [0.25, 0.3) is 0 Å². The van der Waals surface area contributed by atoms with Gasteiger partial charge in [0.1, 0.15) is 18.8 Å². The number of esters is 1. The summed E-state index contributed by atoms with van der Waals surface area (Å²) in [6.07, 6.45) is -6.13. The first-order valence-electron chi connectivity index (χ1n) is 10.6. The molecule has 0 amide bonds. The second kappa shape index (κ2) is 10.8. The van der Waals surface area contributed by atoms with Crippen molar-refractivity contribution in [1.29, 1.82) is 0 Å². The lowest BCUT2D eigenvalue weighted by Gasteiger charge is -2.47. The van der Waals surface area contributed by atoms with Crippen LogP contribution >= 0.6 is 0 Å². The van der Waals surface area contributed by atoms with Crippen LogP contribution in [0.1, 0.15) is 24.3 Å². The molecule has 0 spiro atoms. The molecule has 9 heteroatoms. The third-order valence-electron chi connectivity index (χ3n) is 5.32. The van der Waals surface area contributed by atoms with Crippen molar-refractivity contribution >= 4 is 12.1 Å². The minimum absolute atomic E-state index is 0.0273. The van der Waals surface area contributed by atoms with Crippen LogP contribution in [0.4, 0.5) is 4.79 Å². The Balaban J connectivity index is 1.53. The standard InChI is InChI=1S/C24H26O9/c1-15(25)30-21-20(33-24(26)29-13-16-9-5-3-6-10-16)19-18(31-23(21)27-2)14-28-22(32-19)17-11-7-4-8-12-17/h3-12,18-23H,13-14H2,1-2H3/t18-,19-,20+,21-,22?,23+/m1/s1. The van der Waals surface area contributed by atoms with Gasteiger partial charge in [0.15, 0.2) is 24.8 Å². The lowest BCUT2D eigenvalue weighted by molar-refractivity contribution is -0.358. The van der Waals surface area contributed by atoms with Crippen LogP contribution in [0.15, 0.2) is 60.7 Å². The molecular weight excluding hydrogens is 432 g/mol. The molecule has 2 aliphatic rings. The highest BCUT2D eigenvalue weighted by Gasteiger charge is 2.54. The third-order valence-corrected chi connectivity index (χ3v) is 5.32. The number of ether oxygens (including phenoxy) is 7. The highest BCUT2D eigenvalue weighted by Crippen LogP contribution is 2.36. The number of fused-ring (bicyclic) bond motifs is 1. The molecule has 0 radical (unpaired) electrons. The van der Waals surface area contributed by atoms with Crippen molar-refractivity contribution in [3.8, 4) is 0 Å². The van der Waals surface area contributed by atoms with E-state index >= 15 is 0 Å². The summed E-state index contributed by atoms with van der Waals surface area (Å²) in [5.74, 6) is -0.581. The molecule has 0 aliphatic carbocycles. The zero-order valence-corrected chi connectivity index (χ0v) is 18.3. The van der Waals surface area contributed by atoms with Crippen molar-refractivity contribution < 1.29 is 42.7 Å². The van der Waals surface area contributed by atoms with Crippen LogP contribution in [0.2, 0.25) is 0 Å². The van der Waals surface area contributed by atoms with Gasteiger partial charge < -0.3 is 33.2 Å². The van der Waals surface area contributed by atoms with Crippen molar-refractivity contribution in [2.75, 3.05) is 13.7 Å². The maximum absolute atomic E-state index is 12.6. The van der Waals surface area contributed by atoms with Crippen LogP contribution in [0.5, 0.6) is 0 Å². The average molecular weight is 458 g/mol. The highest BCUT2D eigenvalue weighted by atomic mass is 16.8. The van der Waals surface area contributed by atoms with Gasteiger partial charge >= 0.3 is 12.1 Å². The van der Waals surface area contributed by atoms with Gasteiger partial charge in [-0.15, -0.1) is 0 Å². The van der Waals surface area contributed by atoms with Gasteiger partial charge in [0.05, 0.1) is 6.61 Å². The van der Waals surface area contributed by atoms with Gasteiger partial charge in [-0.25, -0.2) is 4.79 Å². The molecule has 6 atom stereocenters. The Morgan fingerprint density at radius 2 is 1.64 bits per heavy atom. The van der Waals surface area contributed by atoms with E-state index in [1.165, 1.54) is 14.0 Å². The number of hydrogen-bond acceptors (Lipinski definition) is 9. The lowest BCUT2D eigenvalue weighted by Crippen LogP contribution is -2.64. The second-order valence-corrected chi connectivity index (χ2v) is 7.64. The number of benzene rings is 2. The van der Waals surface area contributed by atoms with Crippen LogP contribution in [-0.4, -0.2) is 56.5 Å². The Hall–Kier alpha value is -2.98. The number of rotatable bonds is 6. The fourth-order valence-corrected chi connectivity index (χ4v) is 3.83. The molecule has 2 aromatic rings. The van der Waals surface area contributed by atoms with E-state index < -0.39 is 49.1 Å². The molecule has 0 saturated carbocycles. The van der Waals surface area contributed by atoms with Crippen LogP contribution < -0.4 is 0 Å². The molecule has 9 nitrogen and oxygen atoms in total. The van der Waals surface area contributed by atoms with Crippen molar-refractivity contribution in [2.45, 2.75) is 50.5 Å². The van der Waals surface area contributed by atoms with E-state index in [1.54, 1.807) is 0 Å². The lowest BCUT2D eigenvalue weighted by atomic mass is 9.97. The molecule has 33 heavy (non-hydrogen) atoms. The summed E-state index contributed by atoms with van der Waals surface area (Å²) in [6, 6.07) is 18.5. The fourth-order valence-electron chi connectivity index (χ4n) is 3.83. The fraction of sp³-hybridized carbons (Fsp3) is 0.417. The Morgan fingerprint density at radius 1 is 0.939 bits per heavy atom. The molecule has 2 saturated heterocycles. The van der Waals surface area contributed by atoms with E-state index in [4.69, 9.17) is 33.2 Å². The second-order valence-electron chi connectivity index (χ2n) is 7.64. The summed E-state index contributed by atoms with van der Waals surface area (Å²) in [5.41, 5.74) is 1.59. The molecule has 176 valence electrons. The molecule has 0 aromatic heterocycles. The van der Waals surface area contributed by atoms with Gasteiger partial charge in [-0.2, -0.15) is 0 Å². The zero-order chi connectivity index (χ0) is 23.2. The summed E-state index contributed by atoms with van der Waals surface area (Å²) in [6.45, 7) is 1.44.